The van der Waals surface area contributed by atoms with E-state index in [1.165, 1.54) is 0 Å². The summed E-state index contributed by atoms with van der Waals surface area (Å²) in [7, 11) is 0. The maximum atomic E-state index is 12.3. The number of nitrogens with zero attached hydrogens (tertiary/aromatic N) is 1. The van der Waals surface area contributed by atoms with Crippen LogP contribution in [0, 0.1) is 0 Å². The Morgan fingerprint density at radius 1 is 1.21 bits per heavy atom. The fraction of sp³-hybridized carbons (Fsp3) is 0.267. The minimum absolute atomic E-state index is 0.128. The van der Waals surface area contributed by atoms with Crippen LogP contribution < -0.4 is 10.6 Å². The van der Waals surface area contributed by atoms with Crippen LogP contribution in [0.25, 0.3) is 0 Å². The maximum absolute atomic E-state index is 12.3. The number of rotatable bonds is 6. The minimum Gasteiger partial charge on any atom is -0.330 e. The zero-order chi connectivity index (χ0) is 13.5. The van der Waals surface area contributed by atoms with E-state index in [1.807, 2.05) is 40.6 Å². The number of hydrogen-bond donors (Lipinski definition) is 1. The molecule has 0 aliphatic rings. The number of amides is 1. The van der Waals surface area contributed by atoms with Gasteiger partial charge in [-0.1, -0.05) is 18.2 Å². The Labute approximate surface area is 117 Å². The number of carbonyl (C=O) groups is 1. The highest BCUT2D eigenvalue weighted by atomic mass is 32.1. The van der Waals surface area contributed by atoms with E-state index in [0.29, 0.717) is 19.5 Å². The lowest BCUT2D eigenvalue weighted by Crippen LogP contribution is -2.30. The van der Waals surface area contributed by atoms with Crippen molar-refractivity contribution < 1.29 is 4.79 Å². The van der Waals surface area contributed by atoms with Gasteiger partial charge in [-0.2, -0.15) is 11.3 Å². The van der Waals surface area contributed by atoms with Gasteiger partial charge in [0.05, 0.1) is 6.54 Å². The van der Waals surface area contributed by atoms with Crippen LogP contribution in [0.3, 0.4) is 0 Å². The number of anilines is 1. The Bertz CT molecular complexity index is 496. The summed E-state index contributed by atoms with van der Waals surface area (Å²) in [5.41, 5.74) is 7.59. The lowest BCUT2D eigenvalue weighted by molar-refractivity contribution is -0.118. The van der Waals surface area contributed by atoms with Crippen LogP contribution in [0.2, 0.25) is 0 Å². The number of thiophene rings is 1. The molecule has 2 aromatic rings. The summed E-state index contributed by atoms with van der Waals surface area (Å²) in [5, 5.41) is 4.11. The molecule has 0 saturated carbocycles. The lowest BCUT2D eigenvalue weighted by atomic mass is 10.2. The van der Waals surface area contributed by atoms with Crippen LogP contribution in [-0.4, -0.2) is 12.5 Å². The number of carbonyl (C=O) groups excluding carboxylic acids is 1. The van der Waals surface area contributed by atoms with E-state index in [2.05, 4.69) is 11.4 Å². The number of para-hydroxylation sites is 1. The molecular weight excluding hydrogens is 256 g/mol. The van der Waals surface area contributed by atoms with Gasteiger partial charge in [-0.3, -0.25) is 4.79 Å². The highest BCUT2D eigenvalue weighted by Gasteiger charge is 2.15. The van der Waals surface area contributed by atoms with Gasteiger partial charge in [0, 0.05) is 12.1 Å². The maximum Gasteiger partial charge on any atom is 0.227 e. The van der Waals surface area contributed by atoms with E-state index in [-0.39, 0.29) is 5.91 Å². The molecule has 0 saturated heterocycles. The van der Waals surface area contributed by atoms with Gasteiger partial charge in [0.25, 0.3) is 0 Å². The van der Waals surface area contributed by atoms with E-state index in [1.54, 1.807) is 11.3 Å². The van der Waals surface area contributed by atoms with Crippen molar-refractivity contribution in [3.8, 4) is 0 Å². The number of benzene rings is 1. The van der Waals surface area contributed by atoms with Gasteiger partial charge in [0.2, 0.25) is 5.91 Å². The number of hydrogen-bond acceptors (Lipinski definition) is 3. The van der Waals surface area contributed by atoms with Gasteiger partial charge in [0.1, 0.15) is 0 Å². The van der Waals surface area contributed by atoms with Crippen molar-refractivity contribution in [2.45, 2.75) is 19.4 Å². The summed E-state index contributed by atoms with van der Waals surface area (Å²) >= 11 is 1.65. The average molecular weight is 274 g/mol. The zero-order valence-electron chi connectivity index (χ0n) is 10.8. The molecule has 1 aromatic carbocycles. The van der Waals surface area contributed by atoms with E-state index < -0.39 is 0 Å². The number of nitrogens with two attached hydrogens (primary N) is 1. The normalized spacial score (nSPS) is 10.4. The van der Waals surface area contributed by atoms with Gasteiger partial charge >= 0.3 is 0 Å². The summed E-state index contributed by atoms with van der Waals surface area (Å²) in [5.74, 6) is 0.128. The molecule has 0 aliphatic heterocycles. The standard InChI is InChI=1S/C15H18N2OS/c16-9-4-7-15(18)17(11-13-8-10-19-12-13)14-5-2-1-3-6-14/h1-3,5-6,8,10,12H,4,7,9,11,16H2. The van der Waals surface area contributed by atoms with E-state index >= 15 is 0 Å². The second-order valence-corrected chi connectivity index (χ2v) is 5.12. The fourth-order valence-corrected chi connectivity index (χ4v) is 2.54. The smallest absolute Gasteiger partial charge is 0.227 e. The van der Waals surface area contributed by atoms with Crippen LogP contribution >= 0.6 is 11.3 Å². The molecule has 2 N–H and O–H groups in total. The van der Waals surface area contributed by atoms with Gasteiger partial charge in [-0.05, 0) is 47.5 Å². The molecule has 0 spiro atoms. The second kappa shape index (κ2) is 7.07. The molecular formula is C15H18N2OS. The Morgan fingerprint density at radius 3 is 2.63 bits per heavy atom. The topological polar surface area (TPSA) is 46.3 Å². The predicted molar refractivity (Wildman–Crippen MR) is 80.2 cm³/mol. The molecule has 1 heterocycles. The summed E-state index contributed by atoms with van der Waals surface area (Å²) in [4.78, 5) is 14.1. The Balaban J connectivity index is 2.15. The van der Waals surface area contributed by atoms with Crippen molar-refractivity contribution in [1.82, 2.24) is 0 Å². The molecule has 0 bridgehead atoms. The molecule has 3 nitrogen and oxygen atoms in total. The highest BCUT2D eigenvalue weighted by Crippen LogP contribution is 2.19. The van der Waals surface area contributed by atoms with Crippen molar-refractivity contribution in [2.24, 2.45) is 5.73 Å². The van der Waals surface area contributed by atoms with Gasteiger partial charge in [0.15, 0.2) is 0 Å². The zero-order valence-corrected chi connectivity index (χ0v) is 11.6. The molecule has 0 fully saturated rings. The van der Waals surface area contributed by atoms with Gasteiger partial charge in [-0.25, -0.2) is 0 Å². The van der Waals surface area contributed by atoms with Crippen LogP contribution in [0.4, 0.5) is 5.69 Å². The van der Waals surface area contributed by atoms with Crippen molar-refractivity contribution in [1.29, 1.82) is 0 Å². The molecule has 4 heteroatoms. The van der Waals surface area contributed by atoms with E-state index in [0.717, 1.165) is 17.7 Å². The summed E-state index contributed by atoms with van der Waals surface area (Å²) < 4.78 is 0. The second-order valence-electron chi connectivity index (χ2n) is 4.34. The van der Waals surface area contributed by atoms with Crippen LogP contribution in [-0.2, 0) is 11.3 Å². The first kappa shape index (κ1) is 13.8. The molecule has 2 rings (SSSR count). The molecule has 1 aromatic heterocycles. The van der Waals surface area contributed by atoms with Crippen molar-refractivity contribution in [2.75, 3.05) is 11.4 Å². The highest BCUT2D eigenvalue weighted by molar-refractivity contribution is 7.07. The molecule has 1 amide bonds. The van der Waals surface area contributed by atoms with Gasteiger partial charge in [-0.15, -0.1) is 0 Å². The van der Waals surface area contributed by atoms with Crippen LogP contribution in [0.15, 0.2) is 47.2 Å². The van der Waals surface area contributed by atoms with E-state index in [9.17, 15) is 4.79 Å². The predicted octanol–water partition coefficient (Wildman–Crippen LogP) is 3.02. The molecule has 100 valence electrons. The average Bonchev–Trinajstić information content (AvgIpc) is 2.96. The molecule has 0 unspecified atom stereocenters. The molecule has 0 radical (unpaired) electrons. The monoisotopic (exact) mass is 274 g/mol. The van der Waals surface area contributed by atoms with Crippen LogP contribution in [0.5, 0.6) is 0 Å². The lowest BCUT2D eigenvalue weighted by Gasteiger charge is -2.22. The quantitative estimate of drug-likeness (QED) is 0.880. The summed E-state index contributed by atoms with van der Waals surface area (Å²) in [6, 6.07) is 11.8. The third-order valence-corrected chi connectivity index (χ3v) is 3.62. The molecule has 0 aliphatic carbocycles. The first-order chi connectivity index (χ1) is 9.31. The van der Waals surface area contributed by atoms with Crippen molar-refractivity contribution in [3.05, 3.63) is 52.7 Å². The first-order valence-corrected chi connectivity index (χ1v) is 7.32. The molecule has 19 heavy (non-hydrogen) atoms. The van der Waals surface area contributed by atoms with Crippen molar-refractivity contribution in [3.63, 3.8) is 0 Å². The third-order valence-electron chi connectivity index (χ3n) is 2.88. The van der Waals surface area contributed by atoms with Crippen molar-refractivity contribution >= 4 is 22.9 Å². The Morgan fingerprint density at radius 2 is 2.00 bits per heavy atom. The Kier molecular flexibility index (Phi) is 5.12. The Hall–Kier alpha value is -1.65. The first-order valence-electron chi connectivity index (χ1n) is 6.38. The third kappa shape index (κ3) is 3.91. The SMILES string of the molecule is NCCCC(=O)N(Cc1ccsc1)c1ccccc1. The van der Waals surface area contributed by atoms with E-state index in [4.69, 9.17) is 5.73 Å². The largest absolute Gasteiger partial charge is 0.330 e. The fourth-order valence-electron chi connectivity index (χ4n) is 1.88. The van der Waals surface area contributed by atoms with Crippen LogP contribution in [0.1, 0.15) is 18.4 Å². The summed E-state index contributed by atoms with van der Waals surface area (Å²) in [6.45, 7) is 1.17. The molecule has 0 atom stereocenters. The van der Waals surface area contributed by atoms with Gasteiger partial charge < -0.3 is 10.6 Å². The summed E-state index contributed by atoms with van der Waals surface area (Å²) in [6.07, 6.45) is 1.22. The minimum atomic E-state index is 0.128.